The number of anilines is 1. The quantitative estimate of drug-likeness (QED) is 0.733. The highest BCUT2D eigenvalue weighted by molar-refractivity contribution is 5.50. The molecule has 1 aliphatic carbocycles. The van der Waals surface area contributed by atoms with Crippen LogP contribution in [-0.2, 0) is 12.8 Å². The average molecular weight is 176 g/mol. The van der Waals surface area contributed by atoms with Crippen LogP contribution in [0, 0.1) is 0 Å². The minimum atomic E-state index is 0.692. The second-order valence-corrected chi connectivity index (χ2v) is 3.55. The highest BCUT2D eigenvalue weighted by atomic mass is 14.9. The molecule has 0 bridgehead atoms. The molecule has 0 spiro atoms. The first-order valence-corrected chi connectivity index (χ1v) is 4.96. The van der Waals surface area contributed by atoms with Crippen LogP contribution >= 0.6 is 0 Å². The smallest absolute Gasteiger partial charge is 0.0343 e. The first-order chi connectivity index (χ1) is 6.40. The molecule has 0 radical (unpaired) electrons. The zero-order valence-corrected chi connectivity index (χ0v) is 7.84. The SMILES string of the molecule is NCCNc1ccc2c(c1)CCC2. The number of aryl methyl sites for hydroxylation is 2. The first-order valence-electron chi connectivity index (χ1n) is 4.96. The van der Waals surface area contributed by atoms with E-state index in [1.54, 1.807) is 0 Å². The Balaban J connectivity index is 2.12. The fraction of sp³-hybridized carbons (Fsp3) is 0.455. The molecule has 0 aromatic heterocycles. The molecule has 0 saturated heterocycles. The van der Waals surface area contributed by atoms with Gasteiger partial charge in [0.2, 0.25) is 0 Å². The molecule has 0 fully saturated rings. The normalized spacial score (nSPS) is 14.2. The second kappa shape index (κ2) is 3.79. The third kappa shape index (κ3) is 1.83. The largest absolute Gasteiger partial charge is 0.384 e. The van der Waals surface area contributed by atoms with E-state index in [1.165, 1.54) is 36.1 Å². The zero-order chi connectivity index (χ0) is 9.10. The monoisotopic (exact) mass is 176 g/mol. The van der Waals surface area contributed by atoms with Gasteiger partial charge < -0.3 is 11.1 Å². The van der Waals surface area contributed by atoms with Crippen LogP contribution in [0.5, 0.6) is 0 Å². The topological polar surface area (TPSA) is 38.0 Å². The van der Waals surface area contributed by atoms with Gasteiger partial charge >= 0.3 is 0 Å². The van der Waals surface area contributed by atoms with E-state index in [0.717, 1.165) is 6.54 Å². The molecule has 70 valence electrons. The van der Waals surface area contributed by atoms with Crippen molar-refractivity contribution in [2.45, 2.75) is 19.3 Å². The fourth-order valence-corrected chi connectivity index (χ4v) is 1.90. The Morgan fingerprint density at radius 2 is 2.08 bits per heavy atom. The van der Waals surface area contributed by atoms with Crippen molar-refractivity contribution in [2.24, 2.45) is 5.73 Å². The summed E-state index contributed by atoms with van der Waals surface area (Å²) in [7, 11) is 0. The van der Waals surface area contributed by atoms with Crippen LogP contribution in [0.15, 0.2) is 18.2 Å². The van der Waals surface area contributed by atoms with Crippen molar-refractivity contribution < 1.29 is 0 Å². The Bertz CT molecular complexity index is 294. The van der Waals surface area contributed by atoms with E-state index in [9.17, 15) is 0 Å². The summed E-state index contributed by atoms with van der Waals surface area (Å²) in [6, 6.07) is 6.65. The lowest BCUT2D eigenvalue weighted by atomic mass is 10.1. The predicted molar refractivity (Wildman–Crippen MR) is 56.0 cm³/mol. The summed E-state index contributed by atoms with van der Waals surface area (Å²) < 4.78 is 0. The Morgan fingerprint density at radius 3 is 2.92 bits per heavy atom. The molecule has 1 aromatic carbocycles. The number of benzene rings is 1. The molecule has 0 unspecified atom stereocenters. The molecule has 0 saturated carbocycles. The van der Waals surface area contributed by atoms with E-state index in [-0.39, 0.29) is 0 Å². The van der Waals surface area contributed by atoms with Crippen LogP contribution in [0.1, 0.15) is 17.5 Å². The summed E-state index contributed by atoms with van der Waals surface area (Å²) in [4.78, 5) is 0. The van der Waals surface area contributed by atoms with E-state index in [1.807, 2.05) is 0 Å². The van der Waals surface area contributed by atoms with Crippen LogP contribution in [0.25, 0.3) is 0 Å². The molecule has 13 heavy (non-hydrogen) atoms. The highest BCUT2D eigenvalue weighted by Gasteiger charge is 2.09. The fourth-order valence-electron chi connectivity index (χ4n) is 1.90. The van der Waals surface area contributed by atoms with Crippen LogP contribution < -0.4 is 11.1 Å². The summed E-state index contributed by atoms with van der Waals surface area (Å²) in [6.45, 7) is 1.55. The van der Waals surface area contributed by atoms with Crippen LogP contribution in [0.2, 0.25) is 0 Å². The minimum Gasteiger partial charge on any atom is -0.384 e. The standard InChI is InChI=1S/C11H16N2/c12-6-7-13-11-5-4-9-2-1-3-10(9)8-11/h4-5,8,13H,1-3,6-7,12H2. The Morgan fingerprint density at radius 1 is 1.23 bits per heavy atom. The van der Waals surface area contributed by atoms with Crippen molar-refractivity contribution in [1.82, 2.24) is 0 Å². The molecule has 0 aliphatic heterocycles. The molecule has 0 atom stereocenters. The maximum atomic E-state index is 5.43. The highest BCUT2D eigenvalue weighted by Crippen LogP contribution is 2.24. The molecule has 0 heterocycles. The number of nitrogens with one attached hydrogen (secondary N) is 1. The van der Waals surface area contributed by atoms with E-state index in [4.69, 9.17) is 5.73 Å². The van der Waals surface area contributed by atoms with Crippen LogP contribution in [0.4, 0.5) is 5.69 Å². The van der Waals surface area contributed by atoms with E-state index in [2.05, 4.69) is 23.5 Å². The van der Waals surface area contributed by atoms with Gasteiger partial charge in [-0.1, -0.05) is 6.07 Å². The van der Waals surface area contributed by atoms with Crippen molar-refractivity contribution >= 4 is 5.69 Å². The van der Waals surface area contributed by atoms with Gasteiger partial charge in [-0.05, 0) is 42.5 Å². The molecule has 1 aliphatic rings. The number of hydrogen-bond acceptors (Lipinski definition) is 2. The number of nitrogens with two attached hydrogens (primary N) is 1. The van der Waals surface area contributed by atoms with E-state index < -0.39 is 0 Å². The third-order valence-electron chi connectivity index (χ3n) is 2.57. The van der Waals surface area contributed by atoms with Crippen LogP contribution in [0.3, 0.4) is 0 Å². The van der Waals surface area contributed by atoms with Crippen molar-refractivity contribution in [1.29, 1.82) is 0 Å². The first kappa shape index (κ1) is 8.57. The Kier molecular flexibility index (Phi) is 2.50. The van der Waals surface area contributed by atoms with E-state index in [0.29, 0.717) is 6.54 Å². The van der Waals surface area contributed by atoms with Crippen molar-refractivity contribution in [3.8, 4) is 0 Å². The van der Waals surface area contributed by atoms with Gasteiger partial charge in [-0.15, -0.1) is 0 Å². The maximum Gasteiger partial charge on any atom is 0.0343 e. The minimum absolute atomic E-state index is 0.692. The second-order valence-electron chi connectivity index (χ2n) is 3.55. The van der Waals surface area contributed by atoms with Crippen LogP contribution in [-0.4, -0.2) is 13.1 Å². The maximum absolute atomic E-state index is 5.43. The van der Waals surface area contributed by atoms with Gasteiger partial charge in [0.15, 0.2) is 0 Å². The molecule has 3 N–H and O–H groups in total. The molecule has 2 rings (SSSR count). The number of rotatable bonds is 3. The summed E-state index contributed by atoms with van der Waals surface area (Å²) in [5.74, 6) is 0. The van der Waals surface area contributed by atoms with Gasteiger partial charge in [0.05, 0.1) is 0 Å². The molecule has 1 aromatic rings. The summed E-state index contributed by atoms with van der Waals surface area (Å²) in [6.07, 6.45) is 3.82. The van der Waals surface area contributed by atoms with Gasteiger partial charge in [0, 0.05) is 18.8 Å². The summed E-state index contributed by atoms with van der Waals surface area (Å²) in [5, 5.41) is 3.30. The van der Waals surface area contributed by atoms with Crippen molar-refractivity contribution in [2.75, 3.05) is 18.4 Å². The lowest BCUT2D eigenvalue weighted by Gasteiger charge is -2.06. The molecule has 0 amide bonds. The van der Waals surface area contributed by atoms with Gasteiger partial charge in [-0.25, -0.2) is 0 Å². The van der Waals surface area contributed by atoms with E-state index >= 15 is 0 Å². The van der Waals surface area contributed by atoms with Gasteiger partial charge in [0.25, 0.3) is 0 Å². The molecular formula is C11H16N2. The lowest BCUT2D eigenvalue weighted by Crippen LogP contribution is -2.13. The van der Waals surface area contributed by atoms with Crippen molar-refractivity contribution in [3.05, 3.63) is 29.3 Å². The zero-order valence-electron chi connectivity index (χ0n) is 7.84. The average Bonchev–Trinajstić information content (AvgIpc) is 2.61. The van der Waals surface area contributed by atoms with Gasteiger partial charge in [-0.3, -0.25) is 0 Å². The lowest BCUT2D eigenvalue weighted by molar-refractivity contribution is 0.911. The molecule has 2 nitrogen and oxygen atoms in total. The molecule has 2 heteroatoms. The third-order valence-corrected chi connectivity index (χ3v) is 2.57. The molecular weight excluding hydrogens is 160 g/mol. The van der Waals surface area contributed by atoms with Crippen molar-refractivity contribution in [3.63, 3.8) is 0 Å². The summed E-state index contributed by atoms with van der Waals surface area (Å²) in [5.41, 5.74) is 9.68. The Hall–Kier alpha value is -1.02. The predicted octanol–water partition coefficient (Wildman–Crippen LogP) is 1.55. The summed E-state index contributed by atoms with van der Waals surface area (Å²) >= 11 is 0. The number of fused-ring (bicyclic) bond motifs is 1. The Labute approximate surface area is 79.1 Å². The van der Waals surface area contributed by atoms with Gasteiger partial charge in [0.1, 0.15) is 0 Å². The van der Waals surface area contributed by atoms with Gasteiger partial charge in [-0.2, -0.15) is 0 Å². The number of hydrogen-bond donors (Lipinski definition) is 2.